The van der Waals surface area contributed by atoms with Crippen molar-refractivity contribution in [1.82, 2.24) is 4.90 Å². The van der Waals surface area contributed by atoms with Gasteiger partial charge in [-0.05, 0) is 37.0 Å². The van der Waals surface area contributed by atoms with Crippen LogP contribution in [0.15, 0.2) is 12.1 Å². The standard InChI is InChI=1S/C20H29NO7/c1-25-13-20(19(23)24)8-5-9-21(12-20)17(22)7-6-14-10-15(26-2)18(28-4)16(11-14)27-3/h10-11H,5-9,12-13H2,1-4H3,(H,23,24). The zero-order valence-electron chi connectivity index (χ0n) is 16.9. The maximum atomic E-state index is 12.7. The molecule has 1 aromatic carbocycles. The van der Waals surface area contributed by atoms with E-state index in [1.165, 1.54) is 14.2 Å². The van der Waals surface area contributed by atoms with E-state index < -0.39 is 11.4 Å². The summed E-state index contributed by atoms with van der Waals surface area (Å²) in [5.74, 6) is 0.577. The molecule has 1 atom stereocenters. The molecule has 0 aromatic heterocycles. The summed E-state index contributed by atoms with van der Waals surface area (Å²) >= 11 is 0. The summed E-state index contributed by atoms with van der Waals surface area (Å²) < 4.78 is 21.1. The van der Waals surface area contributed by atoms with Crippen molar-refractivity contribution in [2.75, 3.05) is 48.1 Å². The molecule has 1 fully saturated rings. The first-order valence-electron chi connectivity index (χ1n) is 9.19. The van der Waals surface area contributed by atoms with Gasteiger partial charge in [0.05, 0.1) is 27.9 Å². The Labute approximate surface area is 165 Å². The molecule has 1 N–H and O–H groups in total. The first-order valence-corrected chi connectivity index (χ1v) is 9.19. The average molecular weight is 395 g/mol. The summed E-state index contributed by atoms with van der Waals surface area (Å²) in [5.41, 5.74) is -0.156. The second kappa shape index (κ2) is 9.64. The van der Waals surface area contributed by atoms with E-state index >= 15 is 0 Å². The Morgan fingerprint density at radius 3 is 2.25 bits per heavy atom. The van der Waals surface area contributed by atoms with Crippen LogP contribution in [0, 0.1) is 5.41 Å². The number of carboxylic acid groups (broad SMARTS) is 1. The SMILES string of the molecule is COCC1(C(=O)O)CCCN(C(=O)CCc2cc(OC)c(OC)c(OC)c2)C1. The van der Waals surface area contributed by atoms with Crippen molar-refractivity contribution in [3.8, 4) is 17.2 Å². The number of carbonyl (C=O) groups excluding carboxylic acids is 1. The Balaban J connectivity index is 2.08. The predicted molar refractivity (Wildman–Crippen MR) is 102 cm³/mol. The van der Waals surface area contributed by atoms with Crippen molar-refractivity contribution >= 4 is 11.9 Å². The molecule has 1 saturated heterocycles. The van der Waals surface area contributed by atoms with Gasteiger partial charge < -0.3 is 29.0 Å². The van der Waals surface area contributed by atoms with E-state index in [0.29, 0.717) is 43.1 Å². The Kier molecular flexibility index (Phi) is 7.51. The Hall–Kier alpha value is -2.48. The summed E-state index contributed by atoms with van der Waals surface area (Å²) in [5, 5.41) is 9.63. The zero-order valence-corrected chi connectivity index (χ0v) is 16.9. The normalized spacial score (nSPS) is 19.2. The number of methoxy groups -OCH3 is 4. The molecule has 0 aliphatic carbocycles. The van der Waals surface area contributed by atoms with Gasteiger partial charge in [0.25, 0.3) is 0 Å². The van der Waals surface area contributed by atoms with Gasteiger partial charge >= 0.3 is 5.97 Å². The van der Waals surface area contributed by atoms with E-state index in [4.69, 9.17) is 18.9 Å². The number of rotatable bonds is 9. The van der Waals surface area contributed by atoms with Gasteiger partial charge in [-0.15, -0.1) is 0 Å². The third-order valence-electron chi connectivity index (χ3n) is 5.16. The number of benzene rings is 1. The second-order valence-corrected chi connectivity index (χ2v) is 6.97. The van der Waals surface area contributed by atoms with E-state index in [0.717, 1.165) is 5.56 Å². The fraction of sp³-hybridized carbons (Fsp3) is 0.600. The molecule has 1 amide bonds. The van der Waals surface area contributed by atoms with Crippen molar-refractivity contribution in [1.29, 1.82) is 0 Å². The lowest BCUT2D eigenvalue weighted by molar-refractivity contribution is -0.159. The molecule has 1 aliphatic heterocycles. The van der Waals surface area contributed by atoms with Crippen molar-refractivity contribution in [3.63, 3.8) is 0 Å². The lowest BCUT2D eigenvalue weighted by Crippen LogP contribution is -2.52. The zero-order chi connectivity index (χ0) is 20.7. The molecule has 8 heteroatoms. The molecule has 2 rings (SSSR count). The Morgan fingerprint density at radius 2 is 1.75 bits per heavy atom. The summed E-state index contributed by atoms with van der Waals surface area (Å²) in [6, 6.07) is 3.63. The predicted octanol–water partition coefficient (Wildman–Crippen LogP) is 1.98. The van der Waals surface area contributed by atoms with Gasteiger partial charge in [0, 0.05) is 26.6 Å². The van der Waals surface area contributed by atoms with Crippen LogP contribution >= 0.6 is 0 Å². The number of likely N-dealkylation sites (tertiary alicyclic amines) is 1. The summed E-state index contributed by atoms with van der Waals surface area (Å²) in [4.78, 5) is 26.1. The average Bonchev–Trinajstić information content (AvgIpc) is 2.71. The molecule has 0 bridgehead atoms. The third-order valence-corrected chi connectivity index (χ3v) is 5.16. The van der Waals surface area contributed by atoms with Crippen LogP contribution in [-0.2, 0) is 20.7 Å². The number of carboxylic acids is 1. The second-order valence-electron chi connectivity index (χ2n) is 6.97. The van der Waals surface area contributed by atoms with Gasteiger partial charge in [-0.2, -0.15) is 0 Å². The van der Waals surface area contributed by atoms with Gasteiger partial charge in [0.2, 0.25) is 11.7 Å². The number of aliphatic carboxylic acids is 1. The Morgan fingerprint density at radius 1 is 1.11 bits per heavy atom. The highest BCUT2D eigenvalue weighted by molar-refractivity contribution is 5.80. The highest BCUT2D eigenvalue weighted by Gasteiger charge is 2.43. The van der Waals surface area contributed by atoms with Crippen molar-refractivity contribution in [2.45, 2.75) is 25.7 Å². The number of piperidine rings is 1. The minimum absolute atomic E-state index is 0.0739. The largest absolute Gasteiger partial charge is 0.493 e. The van der Waals surface area contributed by atoms with E-state index in [1.54, 1.807) is 19.1 Å². The van der Waals surface area contributed by atoms with Gasteiger partial charge in [-0.3, -0.25) is 9.59 Å². The van der Waals surface area contributed by atoms with E-state index in [1.807, 2.05) is 12.1 Å². The number of hydrogen-bond donors (Lipinski definition) is 1. The van der Waals surface area contributed by atoms with Gasteiger partial charge in [0.15, 0.2) is 11.5 Å². The maximum absolute atomic E-state index is 12.7. The molecular weight excluding hydrogens is 366 g/mol. The first kappa shape index (κ1) is 21.8. The molecule has 156 valence electrons. The lowest BCUT2D eigenvalue weighted by Gasteiger charge is -2.39. The van der Waals surface area contributed by atoms with Crippen LogP contribution in [0.1, 0.15) is 24.8 Å². The van der Waals surface area contributed by atoms with Gasteiger partial charge in [-0.1, -0.05) is 0 Å². The highest BCUT2D eigenvalue weighted by Crippen LogP contribution is 2.38. The minimum atomic E-state index is -1.03. The first-order chi connectivity index (χ1) is 13.4. The molecule has 0 spiro atoms. The van der Waals surface area contributed by atoms with Crippen LogP contribution in [0.3, 0.4) is 0 Å². The number of hydrogen-bond acceptors (Lipinski definition) is 6. The molecule has 1 aliphatic rings. The number of nitrogens with zero attached hydrogens (tertiary/aromatic N) is 1. The smallest absolute Gasteiger partial charge is 0.313 e. The fourth-order valence-electron chi connectivity index (χ4n) is 3.66. The van der Waals surface area contributed by atoms with Crippen molar-refractivity contribution in [2.24, 2.45) is 5.41 Å². The van der Waals surface area contributed by atoms with E-state index in [-0.39, 0.29) is 25.5 Å². The molecule has 0 radical (unpaired) electrons. The van der Waals surface area contributed by atoms with Crippen molar-refractivity contribution < 1.29 is 33.6 Å². The number of aryl methyl sites for hydroxylation is 1. The molecule has 0 saturated carbocycles. The summed E-state index contributed by atoms with van der Waals surface area (Å²) in [6.07, 6.45) is 1.90. The van der Waals surface area contributed by atoms with Crippen LogP contribution < -0.4 is 14.2 Å². The number of carbonyl (C=O) groups is 2. The summed E-state index contributed by atoms with van der Waals surface area (Å²) in [6.45, 7) is 0.829. The summed E-state index contributed by atoms with van der Waals surface area (Å²) in [7, 11) is 6.10. The van der Waals surface area contributed by atoms with Crippen LogP contribution in [0.4, 0.5) is 0 Å². The minimum Gasteiger partial charge on any atom is -0.493 e. The quantitative estimate of drug-likeness (QED) is 0.683. The number of ether oxygens (including phenoxy) is 4. The molecule has 1 aromatic rings. The highest BCUT2D eigenvalue weighted by atomic mass is 16.5. The van der Waals surface area contributed by atoms with E-state index in [9.17, 15) is 14.7 Å². The molecular formula is C20H29NO7. The third kappa shape index (κ3) is 4.67. The fourth-order valence-corrected chi connectivity index (χ4v) is 3.66. The molecule has 1 unspecified atom stereocenters. The lowest BCUT2D eigenvalue weighted by atomic mass is 9.80. The topological polar surface area (TPSA) is 94.5 Å². The monoisotopic (exact) mass is 395 g/mol. The van der Waals surface area contributed by atoms with Crippen LogP contribution in [0.5, 0.6) is 17.2 Å². The van der Waals surface area contributed by atoms with Crippen LogP contribution in [0.2, 0.25) is 0 Å². The van der Waals surface area contributed by atoms with Crippen LogP contribution in [0.25, 0.3) is 0 Å². The molecule has 28 heavy (non-hydrogen) atoms. The Bertz CT molecular complexity index is 677. The van der Waals surface area contributed by atoms with Gasteiger partial charge in [-0.25, -0.2) is 0 Å². The van der Waals surface area contributed by atoms with Gasteiger partial charge in [0.1, 0.15) is 5.41 Å². The number of amides is 1. The van der Waals surface area contributed by atoms with Crippen LogP contribution in [-0.4, -0.2) is 70.0 Å². The van der Waals surface area contributed by atoms with E-state index in [2.05, 4.69) is 0 Å². The molecule has 8 nitrogen and oxygen atoms in total. The van der Waals surface area contributed by atoms with Crippen molar-refractivity contribution in [3.05, 3.63) is 17.7 Å². The maximum Gasteiger partial charge on any atom is 0.313 e. The molecule has 1 heterocycles.